The highest BCUT2D eigenvalue weighted by molar-refractivity contribution is 7.17. The van der Waals surface area contributed by atoms with Gasteiger partial charge in [-0.2, -0.15) is 0 Å². The van der Waals surface area contributed by atoms with Gasteiger partial charge in [-0.05, 0) is 25.5 Å². The molecule has 0 aliphatic rings. The van der Waals surface area contributed by atoms with E-state index >= 15 is 0 Å². The number of rotatable bonds is 5. The Morgan fingerprint density at radius 3 is 2.63 bits per heavy atom. The zero-order valence-corrected chi connectivity index (χ0v) is 15.8. The molecule has 0 aliphatic carbocycles. The molecular formula is C18H17N5O3S. The molecule has 1 amide bonds. The van der Waals surface area contributed by atoms with Gasteiger partial charge < -0.3 is 4.90 Å². The van der Waals surface area contributed by atoms with E-state index in [0.29, 0.717) is 27.0 Å². The number of hydrogen-bond acceptors (Lipinski definition) is 7. The van der Waals surface area contributed by atoms with E-state index in [4.69, 9.17) is 0 Å². The molecule has 0 fully saturated rings. The van der Waals surface area contributed by atoms with Crippen molar-refractivity contribution in [3.05, 3.63) is 69.0 Å². The van der Waals surface area contributed by atoms with Crippen LogP contribution in [-0.4, -0.2) is 37.7 Å². The minimum absolute atomic E-state index is 0.00215. The Morgan fingerprint density at radius 2 is 1.96 bits per heavy atom. The quantitative estimate of drug-likeness (QED) is 0.492. The summed E-state index contributed by atoms with van der Waals surface area (Å²) in [5, 5.41) is 11.6. The van der Waals surface area contributed by atoms with Crippen molar-refractivity contribution >= 4 is 22.9 Å². The molecule has 0 N–H and O–H groups in total. The van der Waals surface area contributed by atoms with Crippen LogP contribution in [0.1, 0.15) is 33.9 Å². The van der Waals surface area contributed by atoms with Crippen LogP contribution in [0.25, 0.3) is 10.8 Å². The van der Waals surface area contributed by atoms with Gasteiger partial charge in [-0.3, -0.25) is 14.9 Å². The van der Waals surface area contributed by atoms with Crippen molar-refractivity contribution in [3.8, 4) is 10.8 Å². The van der Waals surface area contributed by atoms with Crippen LogP contribution >= 0.6 is 11.3 Å². The smallest absolute Gasteiger partial charge is 0.269 e. The number of aryl methyl sites for hydroxylation is 1. The first-order chi connectivity index (χ1) is 12.9. The number of amides is 1. The number of carbonyl (C=O) groups excluding carboxylic acids is 1. The lowest BCUT2D eigenvalue weighted by atomic mass is 10.1. The molecule has 9 heteroatoms. The molecule has 138 valence electrons. The van der Waals surface area contributed by atoms with E-state index in [1.165, 1.54) is 23.5 Å². The minimum atomic E-state index is -0.447. The summed E-state index contributed by atoms with van der Waals surface area (Å²) in [5.41, 5.74) is 1.29. The molecule has 0 spiro atoms. The maximum atomic E-state index is 13.0. The Labute approximate surface area is 159 Å². The van der Waals surface area contributed by atoms with Crippen molar-refractivity contribution in [2.75, 3.05) is 7.05 Å². The van der Waals surface area contributed by atoms with Gasteiger partial charge in [0, 0.05) is 31.6 Å². The first-order valence-electron chi connectivity index (χ1n) is 8.15. The van der Waals surface area contributed by atoms with Crippen LogP contribution in [0.4, 0.5) is 5.69 Å². The molecule has 0 bridgehead atoms. The molecule has 1 atom stereocenters. The Balaban J connectivity index is 1.86. The van der Waals surface area contributed by atoms with E-state index in [1.54, 1.807) is 49.5 Å². The zero-order valence-electron chi connectivity index (χ0n) is 15.0. The highest BCUT2D eigenvalue weighted by Crippen LogP contribution is 2.29. The Kier molecular flexibility index (Phi) is 5.22. The molecule has 0 saturated heterocycles. The fourth-order valence-electron chi connectivity index (χ4n) is 2.56. The normalized spacial score (nSPS) is 11.8. The van der Waals surface area contributed by atoms with E-state index in [9.17, 15) is 14.9 Å². The molecule has 2 heterocycles. The Morgan fingerprint density at radius 1 is 1.26 bits per heavy atom. The summed E-state index contributed by atoms with van der Waals surface area (Å²) in [4.78, 5) is 38.3. The number of aromatic nitrogens is 3. The molecule has 0 aliphatic heterocycles. The van der Waals surface area contributed by atoms with Crippen molar-refractivity contribution in [3.63, 3.8) is 0 Å². The second-order valence-electron chi connectivity index (χ2n) is 5.95. The number of carbonyl (C=O) groups is 1. The molecule has 0 saturated carbocycles. The molecule has 3 aromatic rings. The number of thiazole rings is 1. The number of nitro groups is 1. The third-order valence-electron chi connectivity index (χ3n) is 4.21. The first kappa shape index (κ1) is 18.6. The summed E-state index contributed by atoms with van der Waals surface area (Å²) >= 11 is 1.23. The molecule has 0 radical (unpaired) electrons. The Hall–Kier alpha value is -3.20. The lowest BCUT2D eigenvalue weighted by molar-refractivity contribution is -0.384. The molecule has 1 unspecified atom stereocenters. The fourth-order valence-corrected chi connectivity index (χ4v) is 3.56. The standard InChI is InChI=1S/C18H17N5O3S/c1-11-15(27-17(21-11)16-19-8-5-9-20-16)18(24)22(3)12(2)13-6-4-7-14(10-13)23(25)26/h4-10,12H,1-3H3. The summed E-state index contributed by atoms with van der Waals surface area (Å²) in [5.74, 6) is 0.269. The topological polar surface area (TPSA) is 102 Å². The van der Waals surface area contributed by atoms with E-state index in [1.807, 2.05) is 6.92 Å². The van der Waals surface area contributed by atoms with E-state index < -0.39 is 4.92 Å². The fraction of sp³-hybridized carbons (Fsp3) is 0.222. The van der Waals surface area contributed by atoms with Crippen LogP contribution in [0, 0.1) is 17.0 Å². The third kappa shape index (κ3) is 3.82. The second-order valence-corrected chi connectivity index (χ2v) is 6.95. The van der Waals surface area contributed by atoms with Gasteiger partial charge in [0.15, 0.2) is 10.8 Å². The van der Waals surface area contributed by atoms with Gasteiger partial charge >= 0.3 is 0 Å². The summed E-state index contributed by atoms with van der Waals surface area (Å²) in [6.45, 7) is 3.59. The van der Waals surface area contributed by atoms with Gasteiger partial charge in [0.2, 0.25) is 0 Å². The number of non-ortho nitro benzene ring substituents is 1. The predicted octanol–water partition coefficient (Wildman–Crippen LogP) is 3.65. The van der Waals surface area contributed by atoms with E-state index in [0.717, 1.165) is 0 Å². The van der Waals surface area contributed by atoms with Crippen LogP contribution < -0.4 is 0 Å². The Bertz CT molecular complexity index is 990. The van der Waals surface area contributed by atoms with Crippen molar-refractivity contribution < 1.29 is 9.72 Å². The first-order valence-corrected chi connectivity index (χ1v) is 8.96. The van der Waals surface area contributed by atoms with Gasteiger partial charge in [-0.15, -0.1) is 11.3 Å². The van der Waals surface area contributed by atoms with Gasteiger partial charge in [-0.1, -0.05) is 12.1 Å². The van der Waals surface area contributed by atoms with Crippen molar-refractivity contribution in [1.82, 2.24) is 19.9 Å². The zero-order chi connectivity index (χ0) is 19.6. The summed E-state index contributed by atoms with van der Waals surface area (Å²) in [7, 11) is 1.67. The second kappa shape index (κ2) is 7.58. The molecular weight excluding hydrogens is 366 g/mol. The number of hydrogen-bond donors (Lipinski definition) is 0. The van der Waals surface area contributed by atoms with Gasteiger partial charge in [-0.25, -0.2) is 15.0 Å². The monoisotopic (exact) mass is 383 g/mol. The van der Waals surface area contributed by atoms with Gasteiger partial charge in [0.1, 0.15) is 4.88 Å². The average molecular weight is 383 g/mol. The van der Waals surface area contributed by atoms with Crippen molar-refractivity contribution in [1.29, 1.82) is 0 Å². The van der Waals surface area contributed by atoms with Gasteiger partial charge in [0.05, 0.1) is 16.7 Å². The molecule has 2 aromatic heterocycles. The number of nitrogens with zero attached hydrogens (tertiary/aromatic N) is 5. The molecule has 27 heavy (non-hydrogen) atoms. The van der Waals surface area contributed by atoms with Crippen LogP contribution in [0.3, 0.4) is 0 Å². The molecule has 1 aromatic carbocycles. The maximum Gasteiger partial charge on any atom is 0.269 e. The lowest BCUT2D eigenvalue weighted by Gasteiger charge is -2.25. The summed E-state index contributed by atoms with van der Waals surface area (Å²) < 4.78 is 0. The van der Waals surface area contributed by atoms with Crippen molar-refractivity contribution in [2.24, 2.45) is 0 Å². The van der Waals surface area contributed by atoms with Crippen LogP contribution in [0.15, 0.2) is 42.7 Å². The molecule has 3 rings (SSSR count). The molecule has 8 nitrogen and oxygen atoms in total. The maximum absolute atomic E-state index is 13.0. The van der Waals surface area contributed by atoms with Crippen LogP contribution in [-0.2, 0) is 0 Å². The van der Waals surface area contributed by atoms with Crippen LogP contribution in [0.2, 0.25) is 0 Å². The lowest BCUT2D eigenvalue weighted by Crippen LogP contribution is -2.29. The van der Waals surface area contributed by atoms with Crippen LogP contribution in [0.5, 0.6) is 0 Å². The third-order valence-corrected chi connectivity index (χ3v) is 5.35. The van der Waals surface area contributed by atoms with E-state index in [2.05, 4.69) is 15.0 Å². The highest BCUT2D eigenvalue weighted by atomic mass is 32.1. The minimum Gasteiger partial charge on any atom is -0.334 e. The number of benzene rings is 1. The van der Waals surface area contributed by atoms with E-state index in [-0.39, 0.29) is 17.6 Å². The van der Waals surface area contributed by atoms with Gasteiger partial charge in [0.25, 0.3) is 11.6 Å². The average Bonchev–Trinajstić information content (AvgIpc) is 3.08. The summed E-state index contributed by atoms with van der Waals surface area (Å²) in [6.07, 6.45) is 3.24. The SMILES string of the molecule is Cc1nc(-c2ncccn2)sc1C(=O)N(C)C(C)c1cccc([N+](=O)[O-])c1. The number of nitro benzene ring substituents is 1. The largest absolute Gasteiger partial charge is 0.334 e. The predicted molar refractivity (Wildman–Crippen MR) is 101 cm³/mol. The highest BCUT2D eigenvalue weighted by Gasteiger charge is 2.25. The van der Waals surface area contributed by atoms with Crippen molar-refractivity contribution in [2.45, 2.75) is 19.9 Å². The summed E-state index contributed by atoms with van der Waals surface area (Å²) in [6, 6.07) is 7.67.